The summed E-state index contributed by atoms with van der Waals surface area (Å²) in [6.07, 6.45) is 1.35. The molecule has 0 fully saturated rings. The second-order valence-corrected chi connectivity index (χ2v) is 3.65. The monoisotopic (exact) mass is 229 g/mol. The number of aliphatic hydroxyl groups excluding tert-OH is 1. The number of halogens is 1. The van der Waals surface area contributed by atoms with Gasteiger partial charge in [0.1, 0.15) is 4.60 Å². The van der Waals surface area contributed by atoms with Crippen LogP contribution in [-0.4, -0.2) is 16.2 Å². The zero-order valence-electron chi connectivity index (χ0n) is 7.00. The van der Waals surface area contributed by atoms with Crippen LogP contribution in [0.25, 0.3) is 0 Å². The molecule has 0 amide bonds. The third kappa shape index (κ3) is 3.32. The Morgan fingerprint density at radius 1 is 1.58 bits per heavy atom. The van der Waals surface area contributed by atoms with Crippen LogP contribution >= 0.6 is 15.9 Å². The Kier molecular flexibility index (Phi) is 3.69. The lowest BCUT2D eigenvalue weighted by molar-refractivity contribution is 0.184. The van der Waals surface area contributed by atoms with E-state index in [1.54, 1.807) is 6.92 Å². The fraction of sp³-hybridized carbons (Fsp3) is 0.444. The Labute approximate surface area is 80.8 Å². The summed E-state index contributed by atoms with van der Waals surface area (Å²) < 4.78 is 0.852. The molecule has 0 saturated heterocycles. The normalized spacial score (nSPS) is 12.9. The van der Waals surface area contributed by atoms with Crippen molar-refractivity contribution >= 4 is 15.9 Å². The minimum atomic E-state index is -0.245. The first-order valence-electron chi connectivity index (χ1n) is 3.98. The van der Waals surface area contributed by atoms with Crippen molar-refractivity contribution in [2.75, 3.05) is 0 Å². The average molecular weight is 230 g/mol. The van der Waals surface area contributed by atoms with Gasteiger partial charge in [-0.25, -0.2) is 4.98 Å². The molecule has 3 heteroatoms. The van der Waals surface area contributed by atoms with Gasteiger partial charge in [0.25, 0.3) is 0 Å². The number of aromatic nitrogens is 1. The maximum atomic E-state index is 9.04. The minimum absolute atomic E-state index is 0.245. The molecule has 1 heterocycles. The SMILES string of the molecule is CC(O)CCc1cccc(Br)n1. The molecule has 1 N–H and O–H groups in total. The van der Waals surface area contributed by atoms with Gasteiger partial charge in [-0.05, 0) is 47.8 Å². The van der Waals surface area contributed by atoms with Crippen molar-refractivity contribution in [2.24, 2.45) is 0 Å². The summed E-state index contributed by atoms with van der Waals surface area (Å²) >= 11 is 3.30. The van der Waals surface area contributed by atoms with Crippen LogP contribution in [0, 0.1) is 0 Å². The molecule has 1 aromatic heterocycles. The number of rotatable bonds is 3. The smallest absolute Gasteiger partial charge is 0.106 e. The second-order valence-electron chi connectivity index (χ2n) is 2.84. The maximum Gasteiger partial charge on any atom is 0.106 e. The first-order valence-corrected chi connectivity index (χ1v) is 4.77. The Bertz CT molecular complexity index is 250. The molecule has 0 aliphatic heterocycles. The number of hydrogen-bond donors (Lipinski definition) is 1. The Balaban J connectivity index is 2.52. The van der Waals surface area contributed by atoms with Gasteiger partial charge in [-0.2, -0.15) is 0 Å². The van der Waals surface area contributed by atoms with Crippen LogP contribution in [0.2, 0.25) is 0 Å². The Morgan fingerprint density at radius 3 is 2.92 bits per heavy atom. The molecule has 0 aliphatic carbocycles. The van der Waals surface area contributed by atoms with Crippen molar-refractivity contribution < 1.29 is 5.11 Å². The summed E-state index contributed by atoms with van der Waals surface area (Å²) in [6.45, 7) is 1.79. The van der Waals surface area contributed by atoms with Crippen molar-refractivity contribution in [3.63, 3.8) is 0 Å². The molecular formula is C9H12BrNO. The van der Waals surface area contributed by atoms with Gasteiger partial charge >= 0.3 is 0 Å². The molecular weight excluding hydrogens is 218 g/mol. The third-order valence-electron chi connectivity index (χ3n) is 1.59. The summed E-state index contributed by atoms with van der Waals surface area (Å²) in [5.74, 6) is 0. The number of aryl methyl sites for hydroxylation is 1. The minimum Gasteiger partial charge on any atom is -0.393 e. The summed E-state index contributed by atoms with van der Waals surface area (Å²) in [4.78, 5) is 4.25. The van der Waals surface area contributed by atoms with E-state index in [0.717, 1.165) is 23.1 Å². The van der Waals surface area contributed by atoms with E-state index in [2.05, 4.69) is 20.9 Å². The van der Waals surface area contributed by atoms with Gasteiger partial charge in [-0.15, -0.1) is 0 Å². The molecule has 12 heavy (non-hydrogen) atoms. The van der Waals surface area contributed by atoms with Crippen LogP contribution in [-0.2, 0) is 6.42 Å². The fourth-order valence-corrected chi connectivity index (χ4v) is 1.33. The largest absolute Gasteiger partial charge is 0.393 e. The van der Waals surface area contributed by atoms with Gasteiger partial charge in [-0.3, -0.25) is 0 Å². The summed E-state index contributed by atoms with van der Waals surface area (Å²) in [5, 5.41) is 9.04. The van der Waals surface area contributed by atoms with Crippen LogP contribution in [0.5, 0.6) is 0 Å². The van der Waals surface area contributed by atoms with Gasteiger partial charge in [0, 0.05) is 5.69 Å². The molecule has 0 radical (unpaired) electrons. The zero-order valence-corrected chi connectivity index (χ0v) is 8.58. The average Bonchev–Trinajstić information content (AvgIpc) is 2.01. The summed E-state index contributed by atoms with van der Waals surface area (Å²) in [7, 11) is 0. The van der Waals surface area contributed by atoms with E-state index in [-0.39, 0.29) is 6.10 Å². The van der Waals surface area contributed by atoms with E-state index < -0.39 is 0 Å². The molecule has 0 spiro atoms. The van der Waals surface area contributed by atoms with Crippen molar-refractivity contribution in [3.8, 4) is 0 Å². The van der Waals surface area contributed by atoms with E-state index >= 15 is 0 Å². The van der Waals surface area contributed by atoms with Gasteiger partial charge < -0.3 is 5.11 Å². The summed E-state index contributed by atoms with van der Waals surface area (Å²) in [5.41, 5.74) is 1.02. The van der Waals surface area contributed by atoms with Gasteiger partial charge in [0.15, 0.2) is 0 Å². The molecule has 0 aliphatic rings. The molecule has 1 aromatic rings. The standard InChI is InChI=1S/C9H12BrNO/c1-7(12)5-6-8-3-2-4-9(10)11-8/h2-4,7,12H,5-6H2,1H3. The molecule has 1 atom stereocenters. The highest BCUT2D eigenvalue weighted by Gasteiger charge is 1.98. The quantitative estimate of drug-likeness (QED) is 0.807. The third-order valence-corrected chi connectivity index (χ3v) is 2.03. The molecule has 0 aromatic carbocycles. The zero-order chi connectivity index (χ0) is 8.97. The fourth-order valence-electron chi connectivity index (χ4n) is 0.946. The van der Waals surface area contributed by atoms with Gasteiger partial charge in [0.2, 0.25) is 0 Å². The molecule has 0 bridgehead atoms. The van der Waals surface area contributed by atoms with Crippen LogP contribution < -0.4 is 0 Å². The first kappa shape index (κ1) is 9.68. The van der Waals surface area contributed by atoms with E-state index in [9.17, 15) is 0 Å². The predicted molar refractivity (Wildman–Crippen MR) is 51.9 cm³/mol. The van der Waals surface area contributed by atoms with Crippen LogP contribution in [0.3, 0.4) is 0 Å². The van der Waals surface area contributed by atoms with Crippen molar-refractivity contribution in [2.45, 2.75) is 25.9 Å². The summed E-state index contributed by atoms with van der Waals surface area (Å²) in [6, 6.07) is 5.81. The number of pyridine rings is 1. The lowest BCUT2D eigenvalue weighted by atomic mass is 10.1. The van der Waals surface area contributed by atoms with E-state index in [4.69, 9.17) is 5.11 Å². The van der Waals surface area contributed by atoms with Crippen LogP contribution in [0.4, 0.5) is 0 Å². The first-order chi connectivity index (χ1) is 5.68. The van der Waals surface area contributed by atoms with Crippen LogP contribution in [0.1, 0.15) is 19.0 Å². The highest BCUT2D eigenvalue weighted by atomic mass is 79.9. The molecule has 1 rings (SSSR count). The predicted octanol–water partition coefficient (Wildman–Crippen LogP) is 2.16. The van der Waals surface area contributed by atoms with Crippen molar-refractivity contribution in [1.29, 1.82) is 0 Å². The van der Waals surface area contributed by atoms with Gasteiger partial charge in [-0.1, -0.05) is 6.07 Å². The van der Waals surface area contributed by atoms with E-state index in [1.807, 2.05) is 18.2 Å². The van der Waals surface area contributed by atoms with Crippen molar-refractivity contribution in [1.82, 2.24) is 4.98 Å². The Morgan fingerprint density at radius 2 is 2.33 bits per heavy atom. The van der Waals surface area contributed by atoms with E-state index in [1.165, 1.54) is 0 Å². The molecule has 0 saturated carbocycles. The maximum absolute atomic E-state index is 9.04. The molecule has 2 nitrogen and oxygen atoms in total. The number of hydrogen-bond acceptors (Lipinski definition) is 2. The highest BCUT2D eigenvalue weighted by molar-refractivity contribution is 9.10. The van der Waals surface area contributed by atoms with Gasteiger partial charge in [0.05, 0.1) is 6.10 Å². The Hall–Kier alpha value is -0.410. The van der Waals surface area contributed by atoms with Crippen LogP contribution in [0.15, 0.2) is 22.8 Å². The molecule has 1 unspecified atom stereocenters. The van der Waals surface area contributed by atoms with E-state index in [0.29, 0.717) is 0 Å². The highest BCUT2D eigenvalue weighted by Crippen LogP contribution is 2.08. The van der Waals surface area contributed by atoms with Crippen molar-refractivity contribution in [3.05, 3.63) is 28.5 Å². The lowest BCUT2D eigenvalue weighted by Crippen LogP contribution is -2.02. The lowest BCUT2D eigenvalue weighted by Gasteiger charge is -2.03. The molecule has 66 valence electrons. The second kappa shape index (κ2) is 4.58. The topological polar surface area (TPSA) is 33.1 Å². The number of aliphatic hydroxyl groups is 1. The number of nitrogens with zero attached hydrogens (tertiary/aromatic N) is 1.